The first kappa shape index (κ1) is 10.4. The molecule has 1 saturated heterocycles. The van der Waals surface area contributed by atoms with E-state index in [2.05, 4.69) is 13.8 Å². The fourth-order valence-corrected chi connectivity index (χ4v) is 1.95. The minimum atomic E-state index is -0.0427. The Morgan fingerprint density at radius 1 is 1.40 bits per heavy atom. The van der Waals surface area contributed by atoms with Crippen LogP contribution >= 0.6 is 0 Å². The minimum absolute atomic E-state index is 0.0427. The first-order chi connectivity index (χ1) is 7.07. The smallest absolute Gasteiger partial charge is 0.185 e. The molecule has 1 aliphatic carbocycles. The van der Waals surface area contributed by atoms with Gasteiger partial charge in [-0.1, -0.05) is 18.2 Å². The number of hydrogen-bond donors (Lipinski definition) is 0. The van der Waals surface area contributed by atoms with Crippen LogP contribution in [-0.4, -0.2) is 17.5 Å². The van der Waals surface area contributed by atoms with Crippen molar-refractivity contribution in [3.05, 3.63) is 36.0 Å². The zero-order valence-electron chi connectivity index (χ0n) is 9.19. The van der Waals surface area contributed by atoms with Crippen molar-refractivity contribution in [1.29, 1.82) is 0 Å². The molecule has 0 aromatic carbocycles. The molecule has 0 saturated carbocycles. The van der Waals surface area contributed by atoms with Crippen molar-refractivity contribution >= 4 is 5.78 Å². The summed E-state index contributed by atoms with van der Waals surface area (Å²) in [5.74, 6) is 0.0748. The molecule has 0 spiro atoms. The van der Waals surface area contributed by atoms with Gasteiger partial charge in [0.15, 0.2) is 5.78 Å². The average Bonchev–Trinajstić information content (AvgIpc) is 2.50. The Balaban J connectivity index is 2.08. The predicted molar refractivity (Wildman–Crippen MR) is 59.6 cm³/mol. The molecule has 1 atom stereocenters. The van der Waals surface area contributed by atoms with E-state index >= 15 is 0 Å². The van der Waals surface area contributed by atoms with Crippen LogP contribution in [0.5, 0.6) is 0 Å². The molecule has 2 aliphatic rings. The summed E-state index contributed by atoms with van der Waals surface area (Å²) in [5.41, 5.74) is 0.708. The molecule has 2 nitrogen and oxygen atoms in total. The average molecular weight is 204 g/mol. The van der Waals surface area contributed by atoms with E-state index in [1.165, 1.54) is 0 Å². The summed E-state index contributed by atoms with van der Waals surface area (Å²) in [6.45, 7) is 4.17. The van der Waals surface area contributed by atoms with Crippen LogP contribution in [0.15, 0.2) is 36.0 Å². The zero-order chi connectivity index (χ0) is 10.9. The molecule has 0 amide bonds. The Kier molecular flexibility index (Phi) is 2.61. The summed E-state index contributed by atoms with van der Waals surface area (Å²) < 4.78 is 5.81. The number of rotatable bonds is 1. The monoisotopic (exact) mass is 204 g/mol. The highest BCUT2D eigenvalue weighted by molar-refractivity contribution is 6.07. The van der Waals surface area contributed by atoms with Crippen molar-refractivity contribution < 1.29 is 9.53 Å². The number of allylic oxidation sites excluding steroid dienone is 5. The maximum Gasteiger partial charge on any atom is 0.185 e. The lowest BCUT2D eigenvalue weighted by molar-refractivity contribution is -0.111. The molecule has 15 heavy (non-hydrogen) atoms. The Bertz CT molecular complexity index is 359. The largest absolute Gasteiger partial charge is 0.368 e. The molecule has 0 aromatic heterocycles. The lowest BCUT2D eigenvalue weighted by Gasteiger charge is -2.17. The van der Waals surface area contributed by atoms with Gasteiger partial charge in [-0.15, -0.1) is 0 Å². The van der Waals surface area contributed by atoms with Crippen molar-refractivity contribution in [2.45, 2.75) is 38.4 Å². The Morgan fingerprint density at radius 3 is 2.73 bits per heavy atom. The molecule has 0 aromatic rings. The van der Waals surface area contributed by atoms with Crippen molar-refractivity contribution in [2.24, 2.45) is 0 Å². The molecule has 80 valence electrons. The number of carbonyl (C=O) groups is 1. The highest BCUT2D eigenvalue weighted by atomic mass is 16.5. The molecule has 1 aliphatic heterocycles. The third kappa shape index (κ3) is 2.45. The summed E-state index contributed by atoms with van der Waals surface area (Å²) in [6, 6.07) is 0. The van der Waals surface area contributed by atoms with Crippen LogP contribution in [0.2, 0.25) is 0 Å². The standard InChI is InChI=1S/C13H16O2/c1-13(2)8-7-11(15-13)9-10-5-3-4-6-12(10)14/h3-6,9,11H,7-8H2,1-2H3/b10-9+/t11-/m1/s1. The van der Waals surface area contributed by atoms with Crippen molar-refractivity contribution in [3.8, 4) is 0 Å². The molecule has 0 bridgehead atoms. The van der Waals surface area contributed by atoms with Gasteiger partial charge in [0.1, 0.15) is 0 Å². The van der Waals surface area contributed by atoms with Gasteiger partial charge in [0, 0.05) is 5.57 Å². The molecular weight excluding hydrogens is 188 g/mol. The van der Waals surface area contributed by atoms with Crippen LogP contribution in [-0.2, 0) is 9.53 Å². The Hall–Kier alpha value is -1.15. The maximum atomic E-state index is 11.5. The maximum absolute atomic E-state index is 11.5. The number of carbonyl (C=O) groups excluding carboxylic acids is 1. The van der Waals surface area contributed by atoms with E-state index in [-0.39, 0.29) is 17.5 Å². The molecule has 0 radical (unpaired) electrons. The van der Waals surface area contributed by atoms with E-state index in [1.807, 2.05) is 18.2 Å². The second kappa shape index (κ2) is 3.78. The van der Waals surface area contributed by atoms with Gasteiger partial charge in [-0.2, -0.15) is 0 Å². The zero-order valence-corrected chi connectivity index (χ0v) is 9.19. The topological polar surface area (TPSA) is 26.3 Å². The molecule has 1 fully saturated rings. The van der Waals surface area contributed by atoms with Crippen LogP contribution in [0.25, 0.3) is 0 Å². The van der Waals surface area contributed by atoms with Crippen LogP contribution in [0, 0.1) is 0 Å². The van der Waals surface area contributed by atoms with Gasteiger partial charge in [0.25, 0.3) is 0 Å². The van der Waals surface area contributed by atoms with E-state index in [0.29, 0.717) is 0 Å². The van der Waals surface area contributed by atoms with E-state index in [4.69, 9.17) is 4.74 Å². The predicted octanol–water partition coefficient (Wildman–Crippen LogP) is 2.57. The Morgan fingerprint density at radius 2 is 2.13 bits per heavy atom. The van der Waals surface area contributed by atoms with E-state index in [0.717, 1.165) is 18.4 Å². The van der Waals surface area contributed by atoms with Crippen LogP contribution in [0.4, 0.5) is 0 Å². The lowest BCUT2D eigenvalue weighted by atomic mass is 10.0. The summed E-state index contributed by atoms with van der Waals surface area (Å²) >= 11 is 0. The van der Waals surface area contributed by atoms with E-state index < -0.39 is 0 Å². The van der Waals surface area contributed by atoms with Gasteiger partial charge in [-0.3, -0.25) is 4.79 Å². The number of ketones is 1. The molecule has 2 heteroatoms. The third-order valence-electron chi connectivity index (χ3n) is 2.79. The van der Waals surface area contributed by atoms with E-state index in [9.17, 15) is 4.79 Å². The van der Waals surface area contributed by atoms with Gasteiger partial charge in [-0.25, -0.2) is 0 Å². The van der Waals surface area contributed by atoms with Gasteiger partial charge >= 0.3 is 0 Å². The highest BCUT2D eigenvalue weighted by Crippen LogP contribution is 2.30. The second-order valence-corrected chi connectivity index (χ2v) is 4.66. The SMILES string of the molecule is CC1(C)CC[C@H](/C=C2\C=CC=CC2=O)O1. The third-order valence-corrected chi connectivity index (χ3v) is 2.79. The van der Waals surface area contributed by atoms with Crippen LogP contribution in [0.3, 0.4) is 0 Å². The summed E-state index contributed by atoms with van der Waals surface area (Å²) in [4.78, 5) is 11.5. The Labute approximate surface area is 90.3 Å². The lowest BCUT2D eigenvalue weighted by Crippen LogP contribution is -2.19. The quantitative estimate of drug-likeness (QED) is 0.614. The summed E-state index contributed by atoms with van der Waals surface area (Å²) in [5, 5.41) is 0. The summed E-state index contributed by atoms with van der Waals surface area (Å²) in [7, 11) is 0. The fourth-order valence-electron chi connectivity index (χ4n) is 1.95. The first-order valence-corrected chi connectivity index (χ1v) is 5.36. The molecule has 0 unspecified atom stereocenters. The molecule has 2 rings (SSSR count). The summed E-state index contributed by atoms with van der Waals surface area (Å²) in [6.07, 6.45) is 11.2. The van der Waals surface area contributed by atoms with Gasteiger partial charge in [-0.05, 0) is 38.8 Å². The van der Waals surface area contributed by atoms with Crippen molar-refractivity contribution in [3.63, 3.8) is 0 Å². The molecule has 1 heterocycles. The number of hydrogen-bond acceptors (Lipinski definition) is 2. The van der Waals surface area contributed by atoms with Gasteiger partial charge in [0.2, 0.25) is 0 Å². The van der Waals surface area contributed by atoms with Crippen LogP contribution < -0.4 is 0 Å². The van der Waals surface area contributed by atoms with Crippen molar-refractivity contribution in [1.82, 2.24) is 0 Å². The number of ether oxygens (including phenoxy) is 1. The second-order valence-electron chi connectivity index (χ2n) is 4.66. The fraction of sp³-hybridized carbons (Fsp3) is 0.462. The van der Waals surface area contributed by atoms with Gasteiger partial charge in [0.05, 0.1) is 11.7 Å². The highest BCUT2D eigenvalue weighted by Gasteiger charge is 2.30. The minimum Gasteiger partial charge on any atom is -0.368 e. The van der Waals surface area contributed by atoms with Crippen molar-refractivity contribution in [2.75, 3.05) is 0 Å². The first-order valence-electron chi connectivity index (χ1n) is 5.36. The van der Waals surface area contributed by atoms with E-state index in [1.54, 1.807) is 12.2 Å². The molecule has 0 N–H and O–H groups in total. The normalized spacial score (nSPS) is 31.5. The van der Waals surface area contributed by atoms with Crippen LogP contribution in [0.1, 0.15) is 26.7 Å². The molecular formula is C13H16O2. The van der Waals surface area contributed by atoms with Gasteiger partial charge < -0.3 is 4.74 Å².